The Hall–Kier alpha value is -0.650. The molecule has 1 aliphatic heterocycles. The molecule has 2 heterocycles. The zero-order chi connectivity index (χ0) is 11.0. The zero-order valence-corrected chi connectivity index (χ0v) is 10.7. The number of rotatable bonds is 1. The van der Waals surface area contributed by atoms with Gasteiger partial charge in [-0.2, -0.15) is 0 Å². The third kappa shape index (κ3) is 1.95. The van der Waals surface area contributed by atoms with Crippen molar-refractivity contribution in [3.63, 3.8) is 0 Å². The maximum atomic E-state index is 5.17. The molecule has 16 heavy (non-hydrogen) atoms. The van der Waals surface area contributed by atoms with Gasteiger partial charge in [0.05, 0.1) is 28.2 Å². The predicted octanol–water partition coefficient (Wildman–Crippen LogP) is 3.44. The second-order valence-corrected chi connectivity index (χ2v) is 6.88. The standard InChI is InChI=1S/C11H8N2S3/c14-11-15-6-10(16-11)9-5-12-7-3-1-2-4-8(7)13-9/h1-5,10H,6H2. The molecular formula is C11H8N2S3. The van der Waals surface area contributed by atoms with Gasteiger partial charge in [-0.05, 0) is 12.1 Å². The number of benzene rings is 1. The second-order valence-electron chi connectivity index (χ2n) is 3.45. The number of aromatic nitrogens is 2. The summed E-state index contributed by atoms with van der Waals surface area (Å²) in [6, 6.07) is 7.94. The number of para-hydroxylation sites is 2. The number of fused-ring (bicyclic) bond motifs is 1. The van der Waals surface area contributed by atoms with E-state index in [1.54, 1.807) is 23.5 Å². The number of nitrogens with zero attached hydrogens (tertiary/aromatic N) is 2. The fraction of sp³-hybridized carbons (Fsp3) is 0.182. The fourth-order valence-electron chi connectivity index (χ4n) is 1.60. The quantitative estimate of drug-likeness (QED) is 0.735. The maximum absolute atomic E-state index is 5.17. The van der Waals surface area contributed by atoms with E-state index in [9.17, 15) is 0 Å². The van der Waals surface area contributed by atoms with Crippen LogP contribution in [0.3, 0.4) is 0 Å². The molecule has 0 radical (unpaired) electrons. The van der Waals surface area contributed by atoms with Crippen LogP contribution >= 0.6 is 35.7 Å². The summed E-state index contributed by atoms with van der Waals surface area (Å²) in [5.74, 6) is 1.01. The summed E-state index contributed by atoms with van der Waals surface area (Å²) in [5.41, 5.74) is 2.95. The molecule has 2 nitrogen and oxygen atoms in total. The molecule has 80 valence electrons. The Balaban J connectivity index is 2.02. The average Bonchev–Trinajstić information content (AvgIpc) is 2.75. The molecule has 0 aliphatic carbocycles. The van der Waals surface area contributed by atoms with Gasteiger partial charge in [0.1, 0.15) is 3.53 Å². The summed E-state index contributed by atoms with van der Waals surface area (Å²) in [6.45, 7) is 0. The lowest BCUT2D eigenvalue weighted by Gasteiger charge is -2.06. The summed E-state index contributed by atoms with van der Waals surface area (Å²) in [4.78, 5) is 9.06. The van der Waals surface area contributed by atoms with Crippen molar-refractivity contribution < 1.29 is 0 Å². The van der Waals surface area contributed by atoms with E-state index in [0.717, 1.165) is 26.0 Å². The van der Waals surface area contributed by atoms with E-state index < -0.39 is 0 Å². The molecule has 2 aromatic rings. The van der Waals surface area contributed by atoms with Gasteiger partial charge in [0.15, 0.2) is 0 Å². The third-order valence-electron chi connectivity index (χ3n) is 2.39. The van der Waals surface area contributed by atoms with Crippen LogP contribution in [0.15, 0.2) is 30.5 Å². The highest BCUT2D eigenvalue weighted by molar-refractivity contribution is 8.49. The average molecular weight is 264 g/mol. The van der Waals surface area contributed by atoms with Crippen LogP contribution in [0.2, 0.25) is 0 Å². The Kier molecular flexibility index (Phi) is 2.83. The molecule has 1 atom stereocenters. The lowest BCUT2D eigenvalue weighted by molar-refractivity contribution is 1.03. The van der Waals surface area contributed by atoms with Crippen LogP contribution in [-0.2, 0) is 0 Å². The second kappa shape index (κ2) is 4.31. The third-order valence-corrected chi connectivity index (χ3v) is 5.50. The first kappa shape index (κ1) is 10.5. The number of hydrogen-bond donors (Lipinski definition) is 0. The van der Waals surface area contributed by atoms with Crippen LogP contribution in [0.1, 0.15) is 10.9 Å². The van der Waals surface area contributed by atoms with E-state index in [4.69, 9.17) is 12.2 Å². The minimum absolute atomic E-state index is 0.370. The SMILES string of the molecule is S=C1SCC(c2cnc3ccccc3n2)S1. The molecule has 3 rings (SSSR count). The molecule has 0 N–H and O–H groups in total. The first-order chi connectivity index (χ1) is 7.83. The van der Waals surface area contributed by atoms with Gasteiger partial charge in [0.25, 0.3) is 0 Å². The number of thiocarbonyl (C=S) groups is 1. The predicted molar refractivity (Wildman–Crippen MR) is 74.9 cm³/mol. The molecule has 1 fully saturated rings. The van der Waals surface area contributed by atoms with E-state index in [1.807, 2.05) is 30.5 Å². The van der Waals surface area contributed by atoms with Gasteiger partial charge in [0, 0.05) is 5.75 Å². The van der Waals surface area contributed by atoms with Crippen LogP contribution in [-0.4, -0.2) is 19.2 Å². The van der Waals surface area contributed by atoms with Crippen LogP contribution < -0.4 is 0 Å². The van der Waals surface area contributed by atoms with E-state index in [1.165, 1.54) is 0 Å². The Morgan fingerprint density at radius 2 is 2.06 bits per heavy atom. The first-order valence-electron chi connectivity index (χ1n) is 4.88. The van der Waals surface area contributed by atoms with E-state index in [0.29, 0.717) is 5.25 Å². The highest BCUT2D eigenvalue weighted by Gasteiger charge is 2.24. The van der Waals surface area contributed by atoms with Gasteiger partial charge < -0.3 is 0 Å². The lowest BCUT2D eigenvalue weighted by atomic mass is 10.2. The van der Waals surface area contributed by atoms with E-state index in [-0.39, 0.29) is 0 Å². The van der Waals surface area contributed by atoms with Crippen LogP contribution in [0.25, 0.3) is 11.0 Å². The summed E-state index contributed by atoms with van der Waals surface area (Å²) in [7, 11) is 0. The Morgan fingerprint density at radius 3 is 2.81 bits per heavy atom. The Morgan fingerprint density at radius 1 is 1.25 bits per heavy atom. The van der Waals surface area contributed by atoms with Crippen LogP contribution in [0, 0.1) is 0 Å². The Bertz CT molecular complexity index is 556. The van der Waals surface area contributed by atoms with Crippen molar-refractivity contribution in [2.75, 3.05) is 5.75 Å². The summed E-state index contributed by atoms with van der Waals surface area (Å²) >= 11 is 8.62. The largest absolute Gasteiger partial charge is 0.253 e. The van der Waals surface area contributed by atoms with Gasteiger partial charge in [-0.3, -0.25) is 4.98 Å². The zero-order valence-electron chi connectivity index (χ0n) is 8.29. The molecular weight excluding hydrogens is 256 g/mol. The minimum atomic E-state index is 0.370. The number of hydrogen-bond acceptors (Lipinski definition) is 5. The van der Waals surface area contributed by atoms with Gasteiger partial charge >= 0.3 is 0 Å². The molecule has 0 saturated carbocycles. The number of thioether (sulfide) groups is 2. The molecule has 0 bridgehead atoms. The fourth-order valence-corrected chi connectivity index (χ4v) is 4.38. The van der Waals surface area contributed by atoms with Crippen molar-refractivity contribution in [2.24, 2.45) is 0 Å². The van der Waals surface area contributed by atoms with Crippen LogP contribution in [0.4, 0.5) is 0 Å². The van der Waals surface area contributed by atoms with Crippen molar-refractivity contribution in [1.82, 2.24) is 9.97 Å². The Labute approximate surface area is 107 Å². The molecule has 1 aliphatic rings. The van der Waals surface area contributed by atoms with Gasteiger partial charge in [0.2, 0.25) is 0 Å². The molecule has 1 aromatic carbocycles. The summed E-state index contributed by atoms with van der Waals surface area (Å²) in [5, 5.41) is 0.370. The topological polar surface area (TPSA) is 25.8 Å². The first-order valence-corrected chi connectivity index (χ1v) is 7.15. The molecule has 0 amide bonds. The summed E-state index contributed by atoms with van der Waals surface area (Å²) < 4.78 is 1.01. The normalized spacial score (nSPS) is 20.5. The van der Waals surface area contributed by atoms with Crippen molar-refractivity contribution in [1.29, 1.82) is 0 Å². The smallest absolute Gasteiger partial charge is 0.104 e. The van der Waals surface area contributed by atoms with Crippen molar-refractivity contribution >= 4 is 50.3 Å². The molecule has 1 unspecified atom stereocenters. The molecule has 1 saturated heterocycles. The maximum Gasteiger partial charge on any atom is 0.104 e. The van der Waals surface area contributed by atoms with E-state index >= 15 is 0 Å². The van der Waals surface area contributed by atoms with Gasteiger partial charge in [-0.25, -0.2) is 4.98 Å². The van der Waals surface area contributed by atoms with Crippen LogP contribution in [0.5, 0.6) is 0 Å². The van der Waals surface area contributed by atoms with Crippen molar-refractivity contribution in [3.8, 4) is 0 Å². The van der Waals surface area contributed by atoms with Crippen molar-refractivity contribution in [3.05, 3.63) is 36.2 Å². The molecule has 1 aromatic heterocycles. The van der Waals surface area contributed by atoms with E-state index in [2.05, 4.69) is 9.97 Å². The van der Waals surface area contributed by atoms with Gasteiger partial charge in [-0.15, -0.1) is 11.8 Å². The highest BCUT2D eigenvalue weighted by Crippen LogP contribution is 2.42. The highest BCUT2D eigenvalue weighted by atomic mass is 32.2. The molecule has 0 spiro atoms. The molecule has 5 heteroatoms. The minimum Gasteiger partial charge on any atom is -0.253 e. The van der Waals surface area contributed by atoms with Gasteiger partial charge in [-0.1, -0.05) is 36.1 Å². The van der Waals surface area contributed by atoms with Crippen molar-refractivity contribution in [2.45, 2.75) is 5.25 Å². The lowest BCUT2D eigenvalue weighted by Crippen LogP contribution is -1.98. The monoisotopic (exact) mass is 264 g/mol. The summed E-state index contributed by atoms with van der Waals surface area (Å²) in [6.07, 6.45) is 1.87.